The van der Waals surface area contributed by atoms with Gasteiger partial charge < -0.3 is 0 Å². The SMILES string of the molecule is [CH2]CC1(Cc2ccc(Cl)cc2)CCC(C)(C)C1=O. The van der Waals surface area contributed by atoms with Crippen molar-refractivity contribution < 1.29 is 4.79 Å². The van der Waals surface area contributed by atoms with Crippen LogP contribution in [0.5, 0.6) is 0 Å². The van der Waals surface area contributed by atoms with E-state index >= 15 is 0 Å². The van der Waals surface area contributed by atoms with Crippen LogP contribution in [0.1, 0.15) is 38.7 Å². The summed E-state index contributed by atoms with van der Waals surface area (Å²) in [6.07, 6.45) is 3.38. The summed E-state index contributed by atoms with van der Waals surface area (Å²) in [6, 6.07) is 7.80. The van der Waals surface area contributed by atoms with Gasteiger partial charge in [0.05, 0.1) is 0 Å². The van der Waals surface area contributed by atoms with Crippen LogP contribution in [0, 0.1) is 17.8 Å². The maximum atomic E-state index is 12.6. The van der Waals surface area contributed by atoms with E-state index in [-0.39, 0.29) is 10.8 Å². The van der Waals surface area contributed by atoms with Crippen LogP contribution in [0.3, 0.4) is 0 Å². The summed E-state index contributed by atoms with van der Waals surface area (Å²) >= 11 is 5.89. The molecule has 0 spiro atoms. The van der Waals surface area contributed by atoms with Gasteiger partial charge in [-0.3, -0.25) is 4.79 Å². The van der Waals surface area contributed by atoms with Gasteiger partial charge in [-0.2, -0.15) is 0 Å². The summed E-state index contributed by atoms with van der Waals surface area (Å²) in [5.41, 5.74) is 0.718. The topological polar surface area (TPSA) is 17.1 Å². The molecule has 0 N–H and O–H groups in total. The fourth-order valence-corrected chi connectivity index (χ4v) is 3.11. The molecular weight excluding hydrogens is 244 g/mol. The molecule has 1 radical (unpaired) electrons. The molecular formula is C16H20ClO. The minimum atomic E-state index is -0.267. The van der Waals surface area contributed by atoms with Gasteiger partial charge in [-0.15, -0.1) is 0 Å². The second-order valence-corrected chi connectivity index (χ2v) is 6.48. The predicted octanol–water partition coefficient (Wildman–Crippen LogP) is 4.48. The second-order valence-electron chi connectivity index (χ2n) is 6.05. The number of Topliss-reactive ketones (excluding diaryl/α,β-unsaturated/α-hetero) is 1. The first-order valence-electron chi connectivity index (χ1n) is 6.48. The molecule has 0 saturated heterocycles. The summed E-state index contributed by atoms with van der Waals surface area (Å²) in [7, 11) is 0. The Morgan fingerprint density at radius 1 is 1.22 bits per heavy atom. The van der Waals surface area contributed by atoms with Gasteiger partial charge in [-0.25, -0.2) is 0 Å². The van der Waals surface area contributed by atoms with E-state index in [1.54, 1.807) is 0 Å². The summed E-state index contributed by atoms with van der Waals surface area (Å²) in [6.45, 7) is 8.12. The number of carbonyl (C=O) groups excluding carboxylic acids is 1. The zero-order chi connectivity index (χ0) is 13.4. The molecule has 0 aliphatic heterocycles. The minimum Gasteiger partial charge on any atom is -0.298 e. The Bertz CT molecular complexity index is 447. The Hall–Kier alpha value is -0.820. The Labute approximate surface area is 115 Å². The monoisotopic (exact) mass is 263 g/mol. The van der Waals surface area contributed by atoms with Crippen LogP contribution in [0.25, 0.3) is 0 Å². The molecule has 1 atom stereocenters. The lowest BCUT2D eigenvalue weighted by Crippen LogP contribution is -2.33. The van der Waals surface area contributed by atoms with E-state index in [4.69, 9.17) is 11.6 Å². The van der Waals surface area contributed by atoms with Gasteiger partial charge in [0.15, 0.2) is 0 Å². The van der Waals surface area contributed by atoms with Crippen molar-refractivity contribution in [3.63, 3.8) is 0 Å². The fourth-order valence-electron chi connectivity index (χ4n) is 2.99. The third-order valence-corrected chi connectivity index (χ3v) is 4.51. The van der Waals surface area contributed by atoms with Gasteiger partial charge in [0.1, 0.15) is 5.78 Å². The quantitative estimate of drug-likeness (QED) is 0.786. The van der Waals surface area contributed by atoms with Crippen molar-refractivity contribution >= 4 is 17.4 Å². The van der Waals surface area contributed by atoms with E-state index in [9.17, 15) is 4.79 Å². The molecule has 1 aliphatic rings. The number of carbonyl (C=O) groups is 1. The molecule has 1 aromatic carbocycles. The van der Waals surface area contributed by atoms with Crippen molar-refractivity contribution in [2.75, 3.05) is 0 Å². The molecule has 1 aliphatic carbocycles. The van der Waals surface area contributed by atoms with Crippen LogP contribution in [-0.4, -0.2) is 5.78 Å². The standard InChI is InChI=1S/C16H20ClO/c1-4-16(10-9-15(2,3)14(16)18)11-12-5-7-13(17)8-6-12/h5-8H,1,4,9-11H2,2-3H3. The summed E-state index contributed by atoms with van der Waals surface area (Å²) in [5.74, 6) is 0.375. The highest BCUT2D eigenvalue weighted by Gasteiger charge is 2.50. The summed E-state index contributed by atoms with van der Waals surface area (Å²) in [5, 5.41) is 0.737. The third-order valence-electron chi connectivity index (χ3n) is 4.26. The average molecular weight is 264 g/mol. The van der Waals surface area contributed by atoms with Crippen molar-refractivity contribution in [1.29, 1.82) is 0 Å². The van der Waals surface area contributed by atoms with Gasteiger partial charge in [0.2, 0.25) is 0 Å². The Morgan fingerprint density at radius 2 is 1.83 bits per heavy atom. The highest BCUT2D eigenvalue weighted by Crippen LogP contribution is 2.49. The number of rotatable bonds is 3. The molecule has 0 bridgehead atoms. The second kappa shape index (κ2) is 4.70. The van der Waals surface area contributed by atoms with E-state index in [1.807, 2.05) is 24.3 Å². The molecule has 0 amide bonds. The van der Waals surface area contributed by atoms with Crippen LogP contribution in [0.4, 0.5) is 0 Å². The minimum absolute atomic E-state index is 0.190. The molecule has 1 fully saturated rings. The van der Waals surface area contributed by atoms with Gasteiger partial charge in [-0.1, -0.05) is 44.5 Å². The van der Waals surface area contributed by atoms with Gasteiger partial charge in [0, 0.05) is 15.9 Å². The normalized spacial score (nSPS) is 26.6. The number of benzene rings is 1. The van der Waals surface area contributed by atoms with E-state index in [2.05, 4.69) is 20.8 Å². The maximum Gasteiger partial charge on any atom is 0.144 e. The first kappa shape index (κ1) is 13.6. The molecule has 97 valence electrons. The van der Waals surface area contributed by atoms with Crippen LogP contribution in [0.15, 0.2) is 24.3 Å². The largest absolute Gasteiger partial charge is 0.298 e. The van der Waals surface area contributed by atoms with E-state index < -0.39 is 0 Å². The van der Waals surface area contributed by atoms with E-state index in [0.29, 0.717) is 12.2 Å². The summed E-state index contributed by atoms with van der Waals surface area (Å²) < 4.78 is 0. The van der Waals surface area contributed by atoms with E-state index in [0.717, 1.165) is 24.3 Å². The number of hydrogen-bond acceptors (Lipinski definition) is 1. The lowest BCUT2D eigenvalue weighted by molar-refractivity contribution is -0.132. The number of halogens is 1. The molecule has 2 rings (SSSR count). The highest BCUT2D eigenvalue weighted by atomic mass is 35.5. The highest BCUT2D eigenvalue weighted by molar-refractivity contribution is 6.30. The zero-order valence-corrected chi connectivity index (χ0v) is 11.9. The van der Waals surface area contributed by atoms with Gasteiger partial charge in [0.25, 0.3) is 0 Å². The molecule has 18 heavy (non-hydrogen) atoms. The van der Waals surface area contributed by atoms with Gasteiger partial charge >= 0.3 is 0 Å². The first-order chi connectivity index (χ1) is 8.39. The van der Waals surface area contributed by atoms with Crippen LogP contribution in [-0.2, 0) is 11.2 Å². The smallest absolute Gasteiger partial charge is 0.144 e. The predicted molar refractivity (Wildman–Crippen MR) is 75.6 cm³/mol. The molecule has 1 saturated carbocycles. The average Bonchev–Trinajstić information content (AvgIpc) is 2.57. The van der Waals surface area contributed by atoms with Crippen molar-refractivity contribution in [1.82, 2.24) is 0 Å². The van der Waals surface area contributed by atoms with Crippen molar-refractivity contribution in [2.45, 2.75) is 39.5 Å². The zero-order valence-electron chi connectivity index (χ0n) is 11.1. The Balaban J connectivity index is 2.25. The van der Waals surface area contributed by atoms with Gasteiger partial charge in [-0.05, 0) is 43.4 Å². The maximum absolute atomic E-state index is 12.6. The lowest BCUT2D eigenvalue weighted by atomic mass is 9.74. The van der Waals surface area contributed by atoms with Crippen LogP contribution in [0.2, 0.25) is 5.02 Å². The molecule has 0 aromatic heterocycles. The number of ketones is 1. The molecule has 1 unspecified atom stereocenters. The molecule has 2 heteroatoms. The number of hydrogen-bond donors (Lipinski definition) is 0. The Morgan fingerprint density at radius 3 is 2.28 bits per heavy atom. The molecule has 0 heterocycles. The van der Waals surface area contributed by atoms with Crippen molar-refractivity contribution in [2.24, 2.45) is 10.8 Å². The lowest BCUT2D eigenvalue weighted by Gasteiger charge is -2.28. The third kappa shape index (κ3) is 2.33. The summed E-state index contributed by atoms with van der Waals surface area (Å²) in [4.78, 5) is 12.6. The fraction of sp³-hybridized carbons (Fsp3) is 0.500. The molecule has 1 nitrogen and oxygen atoms in total. The molecule has 1 aromatic rings. The Kier molecular flexibility index (Phi) is 3.55. The van der Waals surface area contributed by atoms with E-state index in [1.165, 1.54) is 5.56 Å². The van der Waals surface area contributed by atoms with Crippen molar-refractivity contribution in [3.8, 4) is 0 Å². The first-order valence-corrected chi connectivity index (χ1v) is 6.86. The van der Waals surface area contributed by atoms with Crippen molar-refractivity contribution in [3.05, 3.63) is 41.8 Å². The van der Waals surface area contributed by atoms with Crippen LogP contribution < -0.4 is 0 Å². The van der Waals surface area contributed by atoms with Crippen LogP contribution >= 0.6 is 11.6 Å².